The van der Waals surface area contributed by atoms with Crippen molar-refractivity contribution in [3.05, 3.63) is 90.1 Å². The first kappa shape index (κ1) is 18.3. The molecule has 6 nitrogen and oxygen atoms in total. The number of nitrogens with one attached hydrogen (secondary N) is 1. The van der Waals surface area contributed by atoms with Gasteiger partial charge < -0.3 is 5.11 Å². The number of hydrogen-bond donors (Lipinski definition) is 2. The van der Waals surface area contributed by atoms with Crippen molar-refractivity contribution < 1.29 is 18.3 Å². The van der Waals surface area contributed by atoms with E-state index in [2.05, 4.69) is 9.71 Å². The minimum atomic E-state index is -3.74. The third-order valence-corrected chi connectivity index (χ3v) is 5.04. The minimum Gasteiger partial charge on any atom is -0.508 e. The van der Waals surface area contributed by atoms with Gasteiger partial charge in [-0.25, -0.2) is 13.4 Å². The fourth-order valence-electron chi connectivity index (χ4n) is 2.27. The van der Waals surface area contributed by atoms with Crippen LogP contribution >= 0.6 is 0 Å². The molecule has 0 spiro atoms. The number of carbonyl (C=O) groups is 1. The van der Waals surface area contributed by atoms with Gasteiger partial charge in [-0.2, -0.15) is 0 Å². The fourth-order valence-corrected chi connectivity index (χ4v) is 3.28. The molecule has 0 amide bonds. The number of carbonyl (C=O) groups excluding carboxylic acids is 1. The van der Waals surface area contributed by atoms with Crippen LogP contribution in [-0.2, 0) is 10.0 Å². The standard InChI is InChI=1S/C20H16N2O4S/c23-17-9-7-16(8-10-17)19(24)13-6-15-4-11-18(12-5-15)27(25,26)22-20-3-1-2-14-21-20/h1-14,23H,(H,21,22). The van der Waals surface area contributed by atoms with Gasteiger partial charge in [0.15, 0.2) is 5.78 Å². The lowest BCUT2D eigenvalue weighted by Gasteiger charge is -2.07. The molecular formula is C20H16N2O4S. The summed E-state index contributed by atoms with van der Waals surface area (Å²) < 4.78 is 27.1. The summed E-state index contributed by atoms with van der Waals surface area (Å²) in [6.07, 6.45) is 4.48. The first-order valence-electron chi connectivity index (χ1n) is 7.99. The van der Waals surface area contributed by atoms with Crippen molar-refractivity contribution in [2.75, 3.05) is 4.72 Å². The van der Waals surface area contributed by atoms with Crippen molar-refractivity contribution in [3.63, 3.8) is 0 Å². The molecule has 0 unspecified atom stereocenters. The van der Waals surface area contributed by atoms with Crippen LogP contribution < -0.4 is 4.72 Å². The zero-order chi connectivity index (χ0) is 19.3. The van der Waals surface area contributed by atoms with Gasteiger partial charge >= 0.3 is 0 Å². The lowest BCUT2D eigenvalue weighted by molar-refractivity contribution is 0.104. The monoisotopic (exact) mass is 380 g/mol. The molecule has 0 atom stereocenters. The molecule has 3 aromatic rings. The fraction of sp³-hybridized carbons (Fsp3) is 0. The van der Waals surface area contributed by atoms with Gasteiger partial charge in [-0.1, -0.05) is 24.3 Å². The predicted molar refractivity (Wildman–Crippen MR) is 103 cm³/mol. The molecule has 0 aliphatic rings. The maximum atomic E-state index is 12.3. The number of benzene rings is 2. The molecular weight excluding hydrogens is 364 g/mol. The van der Waals surface area contributed by atoms with Gasteiger partial charge in [0.1, 0.15) is 11.6 Å². The summed E-state index contributed by atoms with van der Waals surface area (Å²) in [6, 6.07) is 17.0. The van der Waals surface area contributed by atoms with Crippen LogP contribution in [-0.4, -0.2) is 24.3 Å². The largest absolute Gasteiger partial charge is 0.508 e. The van der Waals surface area contributed by atoms with Crippen molar-refractivity contribution >= 4 is 27.7 Å². The van der Waals surface area contributed by atoms with Crippen molar-refractivity contribution in [1.82, 2.24) is 4.98 Å². The van der Waals surface area contributed by atoms with Crippen LogP contribution in [0.3, 0.4) is 0 Å². The van der Waals surface area contributed by atoms with Crippen LogP contribution in [0.15, 0.2) is 83.9 Å². The molecule has 0 aliphatic heterocycles. The normalized spacial score (nSPS) is 11.4. The molecule has 0 radical (unpaired) electrons. The Bertz CT molecular complexity index is 1060. The molecule has 1 heterocycles. The number of allylic oxidation sites excluding steroid dienone is 1. The van der Waals surface area contributed by atoms with E-state index in [1.807, 2.05) is 0 Å². The van der Waals surface area contributed by atoms with Gasteiger partial charge in [0, 0.05) is 11.8 Å². The number of pyridine rings is 1. The molecule has 2 aromatic carbocycles. The lowest BCUT2D eigenvalue weighted by atomic mass is 10.1. The topological polar surface area (TPSA) is 96.4 Å². The zero-order valence-electron chi connectivity index (χ0n) is 14.1. The smallest absolute Gasteiger partial charge is 0.263 e. The summed E-state index contributed by atoms with van der Waals surface area (Å²) in [5.41, 5.74) is 1.13. The number of aromatic hydroxyl groups is 1. The van der Waals surface area contributed by atoms with E-state index in [9.17, 15) is 18.3 Å². The maximum Gasteiger partial charge on any atom is 0.263 e. The highest BCUT2D eigenvalue weighted by Crippen LogP contribution is 2.16. The Labute approximate surface area is 156 Å². The quantitative estimate of drug-likeness (QED) is 0.504. The van der Waals surface area contributed by atoms with E-state index in [4.69, 9.17) is 0 Å². The summed E-state index contributed by atoms with van der Waals surface area (Å²) in [6.45, 7) is 0. The SMILES string of the molecule is O=C(C=Cc1ccc(S(=O)(=O)Nc2ccccn2)cc1)c1ccc(O)cc1. The number of hydrogen-bond acceptors (Lipinski definition) is 5. The Kier molecular flexibility index (Phi) is 5.33. The van der Waals surface area contributed by atoms with Crippen LogP contribution in [0.2, 0.25) is 0 Å². The number of rotatable bonds is 6. The van der Waals surface area contributed by atoms with E-state index in [1.165, 1.54) is 48.7 Å². The highest BCUT2D eigenvalue weighted by atomic mass is 32.2. The van der Waals surface area contributed by atoms with Crippen LogP contribution in [0.25, 0.3) is 6.08 Å². The van der Waals surface area contributed by atoms with Crippen molar-refractivity contribution in [1.29, 1.82) is 0 Å². The third kappa shape index (κ3) is 4.80. The predicted octanol–water partition coefficient (Wildman–Crippen LogP) is 3.48. The highest BCUT2D eigenvalue weighted by Gasteiger charge is 2.14. The van der Waals surface area contributed by atoms with Gasteiger partial charge in [-0.05, 0) is 60.2 Å². The van der Waals surface area contributed by atoms with Crippen molar-refractivity contribution in [3.8, 4) is 5.75 Å². The Morgan fingerprint density at radius 2 is 1.67 bits per heavy atom. The highest BCUT2D eigenvalue weighted by molar-refractivity contribution is 7.92. The number of phenols is 1. The second kappa shape index (κ2) is 7.84. The Balaban J connectivity index is 1.71. The second-order valence-electron chi connectivity index (χ2n) is 5.63. The van der Waals surface area contributed by atoms with Crippen LogP contribution in [0.4, 0.5) is 5.82 Å². The first-order valence-corrected chi connectivity index (χ1v) is 9.48. The summed E-state index contributed by atoms with van der Waals surface area (Å²) >= 11 is 0. The molecule has 0 fully saturated rings. The van der Waals surface area contributed by atoms with E-state index in [0.717, 1.165) is 0 Å². The number of anilines is 1. The molecule has 7 heteroatoms. The minimum absolute atomic E-state index is 0.0895. The second-order valence-corrected chi connectivity index (χ2v) is 7.32. The van der Waals surface area contributed by atoms with E-state index in [1.54, 1.807) is 36.4 Å². The van der Waals surface area contributed by atoms with Gasteiger partial charge in [-0.15, -0.1) is 0 Å². The molecule has 27 heavy (non-hydrogen) atoms. The summed E-state index contributed by atoms with van der Waals surface area (Å²) in [4.78, 5) is 16.1. The molecule has 0 aliphatic carbocycles. The third-order valence-electron chi connectivity index (χ3n) is 3.67. The molecule has 3 rings (SSSR count). The molecule has 0 bridgehead atoms. The average molecular weight is 380 g/mol. The molecule has 2 N–H and O–H groups in total. The van der Waals surface area contributed by atoms with Gasteiger partial charge in [0.05, 0.1) is 4.90 Å². The molecule has 0 saturated carbocycles. The van der Waals surface area contributed by atoms with Crippen LogP contribution in [0, 0.1) is 0 Å². The summed E-state index contributed by atoms with van der Waals surface area (Å²) in [5.74, 6) is 0.108. The van der Waals surface area contributed by atoms with Crippen molar-refractivity contribution in [2.24, 2.45) is 0 Å². The van der Waals surface area contributed by atoms with Crippen LogP contribution in [0.1, 0.15) is 15.9 Å². The summed E-state index contributed by atoms with van der Waals surface area (Å²) in [5, 5.41) is 9.24. The van der Waals surface area contributed by atoms with E-state index in [0.29, 0.717) is 11.1 Å². The van der Waals surface area contributed by atoms with Crippen LogP contribution in [0.5, 0.6) is 5.75 Å². The van der Waals surface area contributed by atoms with Crippen molar-refractivity contribution in [2.45, 2.75) is 4.90 Å². The Hall–Kier alpha value is -3.45. The number of nitrogens with zero attached hydrogens (tertiary/aromatic N) is 1. The first-order chi connectivity index (χ1) is 12.9. The Morgan fingerprint density at radius 3 is 2.30 bits per heavy atom. The molecule has 0 saturated heterocycles. The van der Waals surface area contributed by atoms with Gasteiger partial charge in [-0.3, -0.25) is 9.52 Å². The van der Waals surface area contributed by atoms with Gasteiger partial charge in [0.2, 0.25) is 0 Å². The van der Waals surface area contributed by atoms with Gasteiger partial charge in [0.25, 0.3) is 10.0 Å². The van der Waals surface area contributed by atoms with E-state index >= 15 is 0 Å². The lowest BCUT2D eigenvalue weighted by Crippen LogP contribution is -2.13. The number of sulfonamides is 1. The zero-order valence-corrected chi connectivity index (χ0v) is 14.9. The average Bonchev–Trinajstić information content (AvgIpc) is 2.67. The molecule has 136 valence electrons. The summed E-state index contributed by atoms with van der Waals surface area (Å²) in [7, 11) is -3.74. The Morgan fingerprint density at radius 1 is 0.963 bits per heavy atom. The number of ketones is 1. The number of phenolic OH excluding ortho intramolecular Hbond substituents is 1. The maximum absolute atomic E-state index is 12.3. The van der Waals surface area contributed by atoms with E-state index in [-0.39, 0.29) is 22.2 Å². The van der Waals surface area contributed by atoms with E-state index < -0.39 is 10.0 Å². The number of aromatic nitrogens is 1. The molecule has 1 aromatic heterocycles.